The van der Waals surface area contributed by atoms with E-state index in [4.69, 9.17) is 5.73 Å². The molecule has 1 fully saturated rings. The first-order chi connectivity index (χ1) is 8.08. The molecule has 1 aliphatic heterocycles. The molecular formula is C12H26N4O. The fraction of sp³-hybridized carbons (Fsp3) is 0.917. The molecule has 0 aromatic rings. The van der Waals surface area contributed by atoms with E-state index >= 15 is 0 Å². The van der Waals surface area contributed by atoms with Crippen LogP contribution in [-0.4, -0.2) is 68.6 Å². The van der Waals surface area contributed by atoms with Gasteiger partial charge >= 0.3 is 0 Å². The second-order valence-electron chi connectivity index (χ2n) is 5.02. The predicted molar refractivity (Wildman–Crippen MR) is 69.8 cm³/mol. The van der Waals surface area contributed by atoms with Gasteiger partial charge in [0.05, 0.1) is 0 Å². The minimum atomic E-state index is 0.0763. The maximum atomic E-state index is 11.4. The second kappa shape index (κ2) is 6.93. The molecule has 2 unspecified atom stereocenters. The Balaban J connectivity index is 2.53. The van der Waals surface area contributed by atoms with Crippen molar-refractivity contribution in [3.05, 3.63) is 0 Å². The molecule has 1 heterocycles. The molecule has 0 saturated carbocycles. The number of nitrogens with zero attached hydrogens (tertiary/aromatic N) is 2. The highest BCUT2D eigenvalue weighted by molar-refractivity contribution is 5.76. The van der Waals surface area contributed by atoms with Crippen molar-refractivity contribution in [2.45, 2.75) is 31.3 Å². The molecule has 1 aliphatic rings. The number of hydrogen-bond acceptors (Lipinski definition) is 4. The average molecular weight is 242 g/mol. The second-order valence-corrected chi connectivity index (χ2v) is 5.02. The van der Waals surface area contributed by atoms with Crippen molar-refractivity contribution >= 4 is 5.91 Å². The first kappa shape index (κ1) is 14.4. The number of carbonyl (C=O) groups excluding carboxylic acids is 1. The maximum Gasteiger partial charge on any atom is 0.221 e. The molecule has 3 N–H and O–H groups in total. The standard InChI is InChI=1S/C12H26N4O/c1-14-12(17)7-11(8-13)16-6-4-5-10(9-16)15(2)3/h10-11H,4-9,13H2,1-3H3,(H,14,17). The summed E-state index contributed by atoms with van der Waals surface area (Å²) < 4.78 is 0. The van der Waals surface area contributed by atoms with Gasteiger partial charge in [0, 0.05) is 38.6 Å². The largest absolute Gasteiger partial charge is 0.359 e. The van der Waals surface area contributed by atoms with Crippen LogP contribution in [0, 0.1) is 0 Å². The molecule has 1 saturated heterocycles. The van der Waals surface area contributed by atoms with Gasteiger partial charge in [-0.15, -0.1) is 0 Å². The Morgan fingerprint density at radius 1 is 1.59 bits per heavy atom. The van der Waals surface area contributed by atoms with Crippen LogP contribution in [0.5, 0.6) is 0 Å². The summed E-state index contributed by atoms with van der Waals surface area (Å²) in [5.74, 6) is 0.0763. The first-order valence-electron chi connectivity index (χ1n) is 6.39. The predicted octanol–water partition coefficient (Wildman–Crippen LogP) is -0.524. The number of piperidine rings is 1. The van der Waals surface area contributed by atoms with Crippen molar-refractivity contribution in [1.82, 2.24) is 15.1 Å². The molecule has 5 heteroatoms. The highest BCUT2D eigenvalue weighted by atomic mass is 16.1. The molecule has 5 nitrogen and oxygen atoms in total. The minimum Gasteiger partial charge on any atom is -0.359 e. The Kier molecular flexibility index (Phi) is 5.88. The number of nitrogens with two attached hydrogens (primary N) is 1. The Morgan fingerprint density at radius 3 is 2.82 bits per heavy atom. The van der Waals surface area contributed by atoms with Gasteiger partial charge in [-0.1, -0.05) is 0 Å². The average Bonchev–Trinajstić information content (AvgIpc) is 2.35. The van der Waals surface area contributed by atoms with Gasteiger partial charge in [-0.25, -0.2) is 0 Å². The lowest BCUT2D eigenvalue weighted by Crippen LogP contribution is -2.52. The molecule has 1 amide bonds. The van der Waals surface area contributed by atoms with Crippen LogP contribution < -0.4 is 11.1 Å². The van der Waals surface area contributed by atoms with Crippen molar-refractivity contribution in [3.63, 3.8) is 0 Å². The van der Waals surface area contributed by atoms with E-state index in [9.17, 15) is 4.79 Å². The highest BCUT2D eigenvalue weighted by Crippen LogP contribution is 2.17. The SMILES string of the molecule is CNC(=O)CC(CN)N1CCCC(N(C)C)C1. The van der Waals surface area contributed by atoms with Crippen molar-refractivity contribution in [2.24, 2.45) is 5.73 Å². The van der Waals surface area contributed by atoms with Gasteiger partial charge in [0.25, 0.3) is 0 Å². The lowest BCUT2D eigenvalue weighted by molar-refractivity contribution is -0.122. The molecular weight excluding hydrogens is 216 g/mol. The number of carbonyl (C=O) groups is 1. The van der Waals surface area contributed by atoms with E-state index in [1.165, 1.54) is 12.8 Å². The molecule has 0 aromatic heterocycles. The van der Waals surface area contributed by atoms with E-state index in [0.717, 1.165) is 13.1 Å². The summed E-state index contributed by atoms with van der Waals surface area (Å²) >= 11 is 0. The van der Waals surface area contributed by atoms with Gasteiger partial charge in [-0.05, 0) is 33.5 Å². The number of likely N-dealkylation sites (tertiary alicyclic amines) is 1. The fourth-order valence-corrected chi connectivity index (χ4v) is 2.41. The normalized spacial score (nSPS) is 23.7. The van der Waals surface area contributed by atoms with Crippen molar-refractivity contribution in [1.29, 1.82) is 0 Å². The van der Waals surface area contributed by atoms with E-state index in [2.05, 4.69) is 29.2 Å². The summed E-state index contributed by atoms with van der Waals surface area (Å²) in [6.07, 6.45) is 2.93. The maximum absolute atomic E-state index is 11.4. The molecule has 0 spiro atoms. The van der Waals surface area contributed by atoms with Crippen LogP contribution >= 0.6 is 0 Å². The molecule has 1 rings (SSSR count). The van der Waals surface area contributed by atoms with Crippen LogP contribution in [0.1, 0.15) is 19.3 Å². The number of likely N-dealkylation sites (N-methyl/N-ethyl adjacent to an activating group) is 1. The Hall–Kier alpha value is -0.650. The summed E-state index contributed by atoms with van der Waals surface area (Å²) in [5, 5.41) is 2.67. The van der Waals surface area contributed by atoms with Crippen molar-refractivity contribution in [3.8, 4) is 0 Å². The topological polar surface area (TPSA) is 61.6 Å². The molecule has 0 aromatic carbocycles. The van der Waals surface area contributed by atoms with Crippen molar-refractivity contribution in [2.75, 3.05) is 40.8 Å². The Labute approximate surface area is 104 Å². The van der Waals surface area contributed by atoms with Crippen LogP contribution in [0.2, 0.25) is 0 Å². The zero-order chi connectivity index (χ0) is 12.8. The molecule has 0 bridgehead atoms. The summed E-state index contributed by atoms with van der Waals surface area (Å²) in [5.41, 5.74) is 5.79. The third-order valence-corrected chi connectivity index (χ3v) is 3.65. The van der Waals surface area contributed by atoms with E-state index in [1.54, 1.807) is 7.05 Å². The summed E-state index contributed by atoms with van der Waals surface area (Å²) in [4.78, 5) is 16.1. The zero-order valence-electron chi connectivity index (χ0n) is 11.3. The van der Waals surface area contributed by atoms with Crippen LogP contribution in [0.4, 0.5) is 0 Å². The van der Waals surface area contributed by atoms with E-state index in [1.807, 2.05) is 0 Å². The molecule has 0 aliphatic carbocycles. The summed E-state index contributed by atoms with van der Waals surface area (Å²) in [7, 11) is 5.91. The van der Waals surface area contributed by atoms with E-state index in [0.29, 0.717) is 19.0 Å². The third kappa shape index (κ3) is 4.26. The van der Waals surface area contributed by atoms with Gasteiger partial charge in [0.2, 0.25) is 5.91 Å². The minimum absolute atomic E-state index is 0.0763. The van der Waals surface area contributed by atoms with Crippen molar-refractivity contribution < 1.29 is 4.79 Å². The lowest BCUT2D eigenvalue weighted by atomic mass is 10.0. The molecule has 100 valence electrons. The number of rotatable bonds is 5. The lowest BCUT2D eigenvalue weighted by Gasteiger charge is -2.40. The van der Waals surface area contributed by atoms with Gasteiger partial charge < -0.3 is 16.0 Å². The molecule has 0 radical (unpaired) electrons. The summed E-state index contributed by atoms with van der Waals surface area (Å²) in [6, 6.07) is 0.764. The van der Waals surface area contributed by atoms with Crippen LogP contribution in [0.3, 0.4) is 0 Å². The monoisotopic (exact) mass is 242 g/mol. The highest BCUT2D eigenvalue weighted by Gasteiger charge is 2.27. The van der Waals surface area contributed by atoms with Gasteiger partial charge in [-0.3, -0.25) is 9.69 Å². The van der Waals surface area contributed by atoms with Crippen LogP contribution in [0.15, 0.2) is 0 Å². The van der Waals surface area contributed by atoms with Gasteiger partial charge in [-0.2, -0.15) is 0 Å². The number of nitrogens with one attached hydrogen (secondary N) is 1. The van der Waals surface area contributed by atoms with Gasteiger partial charge in [0.15, 0.2) is 0 Å². The van der Waals surface area contributed by atoms with Crippen LogP contribution in [0.25, 0.3) is 0 Å². The quantitative estimate of drug-likeness (QED) is 0.681. The van der Waals surface area contributed by atoms with E-state index in [-0.39, 0.29) is 11.9 Å². The number of hydrogen-bond donors (Lipinski definition) is 2. The number of amides is 1. The zero-order valence-corrected chi connectivity index (χ0v) is 11.3. The third-order valence-electron chi connectivity index (χ3n) is 3.65. The van der Waals surface area contributed by atoms with Crippen LogP contribution in [-0.2, 0) is 4.79 Å². The first-order valence-corrected chi connectivity index (χ1v) is 6.39. The Morgan fingerprint density at radius 2 is 2.29 bits per heavy atom. The smallest absolute Gasteiger partial charge is 0.221 e. The van der Waals surface area contributed by atoms with E-state index < -0.39 is 0 Å². The fourth-order valence-electron chi connectivity index (χ4n) is 2.41. The summed E-state index contributed by atoms with van der Waals surface area (Å²) in [6.45, 7) is 2.63. The Bertz CT molecular complexity index is 245. The molecule has 2 atom stereocenters. The molecule has 17 heavy (non-hydrogen) atoms. The van der Waals surface area contributed by atoms with Gasteiger partial charge in [0.1, 0.15) is 0 Å².